The van der Waals surface area contributed by atoms with Gasteiger partial charge in [0.1, 0.15) is 17.0 Å². The molecule has 1 amide bonds. The van der Waals surface area contributed by atoms with Gasteiger partial charge in [-0.2, -0.15) is 0 Å². The minimum Gasteiger partial charge on any atom is -0.444 e. The maximum absolute atomic E-state index is 14.4. The lowest BCUT2D eigenvalue weighted by Gasteiger charge is -2.36. The molecule has 2 N–H and O–H groups in total. The second kappa shape index (κ2) is 6.45. The molecule has 1 fully saturated rings. The van der Waals surface area contributed by atoms with Gasteiger partial charge in [-0.15, -0.1) is 0 Å². The molecule has 0 aliphatic carbocycles. The van der Waals surface area contributed by atoms with Gasteiger partial charge in [0.15, 0.2) is 0 Å². The first-order chi connectivity index (χ1) is 10.7. The molecule has 3 atom stereocenters. The van der Waals surface area contributed by atoms with Crippen molar-refractivity contribution in [3.8, 4) is 0 Å². The largest absolute Gasteiger partial charge is 0.444 e. The number of hydrogen-bond acceptors (Lipinski definition) is 4. The average molecular weight is 325 g/mol. The van der Waals surface area contributed by atoms with Crippen LogP contribution in [0.3, 0.4) is 0 Å². The van der Waals surface area contributed by atoms with Crippen molar-refractivity contribution in [2.24, 2.45) is 5.92 Å². The van der Waals surface area contributed by atoms with E-state index in [0.29, 0.717) is 0 Å². The SMILES string of the molecule is C[C@H]1OC[C@@](NC(=O)OC(C)(C)C)(c2ccccc2F)[C@@H]1CO. The van der Waals surface area contributed by atoms with Crippen LogP contribution in [0.4, 0.5) is 9.18 Å². The highest BCUT2D eigenvalue weighted by Gasteiger charge is 2.51. The molecule has 1 aromatic carbocycles. The number of rotatable bonds is 3. The molecule has 0 saturated carbocycles. The third-order valence-electron chi connectivity index (χ3n) is 4.05. The summed E-state index contributed by atoms with van der Waals surface area (Å²) >= 11 is 0. The van der Waals surface area contributed by atoms with Crippen molar-refractivity contribution in [3.05, 3.63) is 35.6 Å². The molecular weight excluding hydrogens is 301 g/mol. The number of nitrogens with one attached hydrogen (secondary N) is 1. The monoisotopic (exact) mass is 325 g/mol. The zero-order valence-corrected chi connectivity index (χ0v) is 13.9. The summed E-state index contributed by atoms with van der Waals surface area (Å²) in [6.07, 6.45) is -0.994. The molecule has 0 bridgehead atoms. The van der Waals surface area contributed by atoms with Crippen molar-refractivity contribution in [1.82, 2.24) is 5.32 Å². The van der Waals surface area contributed by atoms with Crippen LogP contribution in [0.5, 0.6) is 0 Å². The number of ether oxygens (including phenoxy) is 2. The molecule has 23 heavy (non-hydrogen) atoms. The zero-order chi connectivity index (χ0) is 17.3. The van der Waals surface area contributed by atoms with E-state index >= 15 is 0 Å². The Labute approximate surface area is 135 Å². The van der Waals surface area contributed by atoms with Crippen molar-refractivity contribution in [2.75, 3.05) is 13.2 Å². The van der Waals surface area contributed by atoms with Crippen molar-refractivity contribution in [1.29, 1.82) is 0 Å². The molecule has 0 aromatic heterocycles. The lowest BCUT2D eigenvalue weighted by Crippen LogP contribution is -2.54. The molecule has 5 nitrogen and oxygen atoms in total. The van der Waals surface area contributed by atoms with Gasteiger partial charge < -0.3 is 19.9 Å². The minimum absolute atomic E-state index is 0.0690. The molecule has 128 valence electrons. The van der Waals surface area contributed by atoms with Crippen LogP contribution in [0.1, 0.15) is 33.3 Å². The van der Waals surface area contributed by atoms with E-state index in [1.807, 2.05) is 0 Å². The summed E-state index contributed by atoms with van der Waals surface area (Å²) in [4.78, 5) is 12.3. The van der Waals surface area contributed by atoms with Crippen molar-refractivity contribution in [3.63, 3.8) is 0 Å². The Morgan fingerprint density at radius 1 is 1.48 bits per heavy atom. The van der Waals surface area contributed by atoms with Gasteiger partial charge in [-0.3, -0.25) is 0 Å². The summed E-state index contributed by atoms with van der Waals surface area (Å²) in [5.74, 6) is -0.938. The molecule has 1 aliphatic rings. The maximum atomic E-state index is 14.4. The molecule has 6 heteroatoms. The number of halogens is 1. The summed E-state index contributed by atoms with van der Waals surface area (Å²) in [6, 6.07) is 6.18. The van der Waals surface area contributed by atoms with E-state index in [0.717, 1.165) is 0 Å². The number of amides is 1. The molecule has 1 heterocycles. The fraction of sp³-hybridized carbons (Fsp3) is 0.588. The number of alkyl carbamates (subject to hydrolysis) is 1. The van der Waals surface area contributed by atoms with E-state index < -0.39 is 29.0 Å². The predicted molar refractivity (Wildman–Crippen MR) is 83.4 cm³/mol. The topological polar surface area (TPSA) is 67.8 Å². The van der Waals surface area contributed by atoms with E-state index in [4.69, 9.17) is 9.47 Å². The van der Waals surface area contributed by atoms with Gasteiger partial charge in [-0.25, -0.2) is 9.18 Å². The summed E-state index contributed by atoms with van der Waals surface area (Å²) in [5.41, 5.74) is -1.56. The Bertz CT molecular complexity index is 572. The maximum Gasteiger partial charge on any atom is 0.408 e. The van der Waals surface area contributed by atoms with Gasteiger partial charge in [0.2, 0.25) is 0 Å². The van der Waals surface area contributed by atoms with Crippen molar-refractivity contribution < 1.29 is 23.8 Å². The number of carbonyl (C=O) groups is 1. The molecule has 1 aromatic rings. The molecule has 1 saturated heterocycles. The fourth-order valence-electron chi connectivity index (χ4n) is 2.97. The quantitative estimate of drug-likeness (QED) is 0.896. The van der Waals surface area contributed by atoms with Gasteiger partial charge in [0.05, 0.1) is 19.3 Å². The van der Waals surface area contributed by atoms with Gasteiger partial charge in [-0.05, 0) is 33.8 Å². The third kappa shape index (κ3) is 3.64. The Morgan fingerprint density at radius 3 is 2.70 bits per heavy atom. The molecular formula is C17H24FNO4. The first-order valence-electron chi connectivity index (χ1n) is 7.68. The molecule has 0 spiro atoms. The van der Waals surface area contributed by atoms with Crippen LogP contribution >= 0.6 is 0 Å². The summed E-state index contributed by atoms with van der Waals surface area (Å²) < 4.78 is 25.3. The number of aliphatic hydroxyl groups is 1. The summed E-state index contributed by atoms with van der Waals surface area (Å²) in [7, 11) is 0. The first kappa shape index (κ1) is 17.7. The number of aliphatic hydroxyl groups excluding tert-OH is 1. The minimum atomic E-state index is -1.16. The lowest BCUT2D eigenvalue weighted by atomic mass is 9.78. The number of benzene rings is 1. The zero-order valence-electron chi connectivity index (χ0n) is 13.9. The molecule has 1 aliphatic heterocycles. The van der Waals surface area contributed by atoms with Crippen LogP contribution in [-0.2, 0) is 15.0 Å². The molecule has 0 unspecified atom stereocenters. The van der Waals surface area contributed by atoms with Gasteiger partial charge in [0.25, 0.3) is 0 Å². The fourth-order valence-corrected chi connectivity index (χ4v) is 2.97. The Balaban J connectivity index is 2.41. The molecule has 0 radical (unpaired) electrons. The highest BCUT2D eigenvalue weighted by atomic mass is 19.1. The Kier molecular flexibility index (Phi) is 4.96. The first-order valence-corrected chi connectivity index (χ1v) is 7.68. The van der Waals surface area contributed by atoms with Crippen molar-refractivity contribution >= 4 is 6.09 Å². The molecule has 2 rings (SSSR count). The van der Waals surface area contributed by atoms with E-state index in [9.17, 15) is 14.3 Å². The van der Waals surface area contributed by atoms with Gasteiger partial charge in [0, 0.05) is 11.5 Å². The van der Waals surface area contributed by atoms with Crippen molar-refractivity contribution in [2.45, 2.75) is 44.9 Å². The second-order valence-electron chi connectivity index (χ2n) is 6.88. The van der Waals surface area contributed by atoms with E-state index in [1.165, 1.54) is 6.07 Å². The van der Waals surface area contributed by atoms with Crippen LogP contribution in [0.2, 0.25) is 0 Å². The normalized spacial score (nSPS) is 27.7. The van der Waals surface area contributed by atoms with Gasteiger partial charge >= 0.3 is 6.09 Å². The Hall–Kier alpha value is -1.66. The van der Waals surface area contributed by atoms with Crippen LogP contribution in [-0.4, -0.2) is 36.1 Å². The highest BCUT2D eigenvalue weighted by molar-refractivity contribution is 5.69. The smallest absolute Gasteiger partial charge is 0.408 e. The van der Waals surface area contributed by atoms with Crippen LogP contribution in [0, 0.1) is 11.7 Å². The lowest BCUT2D eigenvalue weighted by molar-refractivity contribution is 0.0390. The summed E-state index contributed by atoms with van der Waals surface area (Å²) in [5, 5.41) is 12.5. The Morgan fingerprint density at radius 2 is 2.13 bits per heavy atom. The summed E-state index contributed by atoms with van der Waals surface area (Å²) in [6.45, 7) is 6.87. The third-order valence-corrected chi connectivity index (χ3v) is 4.05. The predicted octanol–water partition coefficient (Wildman–Crippen LogP) is 2.57. The highest BCUT2D eigenvalue weighted by Crippen LogP contribution is 2.40. The second-order valence-corrected chi connectivity index (χ2v) is 6.88. The standard InChI is InChI=1S/C17H24FNO4/c1-11-13(9-20)17(10-22-11,12-7-5-6-8-14(12)18)19-15(21)23-16(2,3)4/h5-8,11,13,20H,9-10H2,1-4H3,(H,19,21)/t11-,13-,17-/m1/s1. The van der Waals surface area contributed by atoms with E-state index in [1.54, 1.807) is 45.9 Å². The number of hydrogen-bond donors (Lipinski definition) is 2. The van der Waals surface area contributed by atoms with Crippen LogP contribution in [0.15, 0.2) is 24.3 Å². The average Bonchev–Trinajstić information content (AvgIpc) is 2.74. The van der Waals surface area contributed by atoms with Crippen LogP contribution in [0.25, 0.3) is 0 Å². The van der Waals surface area contributed by atoms with E-state index in [2.05, 4.69) is 5.32 Å². The van der Waals surface area contributed by atoms with Crippen LogP contribution < -0.4 is 5.32 Å². The number of carbonyl (C=O) groups excluding carboxylic acids is 1. The van der Waals surface area contributed by atoms with Gasteiger partial charge in [-0.1, -0.05) is 18.2 Å². The van der Waals surface area contributed by atoms with E-state index in [-0.39, 0.29) is 24.9 Å².